The average molecular weight is 327 g/mol. The number of furan rings is 1. The van der Waals surface area contributed by atoms with E-state index < -0.39 is 0 Å². The Balaban J connectivity index is 1.54. The predicted octanol–water partition coefficient (Wildman–Crippen LogP) is 1.50. The van der Waals surface area contributed by atoms with Crippen molar-refractivity contribution in [1.29, 1.82) is 0 Å². The monoisotopic (exact) mass is 327 g/mol. The van der Waals surface area contributed by atoms with Crippen LogP contribution >= 0.6 is 0 Å². The van der Waals surface area contributed by atoms with Crippen LogP contribution in [0.3, 0.4) is 0 Å². The standard InChI is InChI=1S/C17H21N5O2/c1-20(2)15-6-7-16(19-18-15)21-9-11-22(12-10-21)17(23)8-5-14-4-3-13-24-14/h3-8,13H,9-12H2,1-2H3/b8-5+. The Hall–Kier alpha value is -2.83. The van der Waals surface area contributed by atoms with E-state index in [2.05, 4.69) is 15.1 Å². The van der Waals surface area contributed by atoms with Crippen LogP contribution in [-0.4, -0.2) is 61.3 Å². The van der Waals surface area contributed by atoms with E-state index in [4.69, 9.17) is 4.42 Å². The quantitative estimate of drug-likeness (QED) is 0.793. The van der Waals surface area contributed by atoms with Crippen molar-refractivity contribution in [2.24, 2.45) is 0 Å². The number of piperazine rings is 1. The van der Waals surface area contributed by atoms with E-state index in [1.165, 1.54) is 0 Å². The summed E-state index contributed by atoms with van der Waals surface area (Å²) in [7, 11) is 3.87. The highest BCUT2D eigenvalue weighted by molar-refractivity contribution is 5.91. The molecule has 3 heterocycles. The maximum Gasteiger partial charge on any atom is 0.246 e. The molecule has 0 saturated carbocycles. The van der Waals surface area contributed by atoms with Crippen LogP contribution in [0.25, 0.3) is 6.08 Å². The third kappa shape index (κ3) is 3.73. The van der Waals surface area contributed by atoms with Gasteiger partial charge in [-0.15, -0.1) is 10.2 Å². The van der Waals surface area contributed by atoms with Crippen molar-refractivity contribution < 1.29 is 9.21 Å². The lowest BCUT2D eigenvalue weighted by atomic mass is 10.3. The fourth-order valence-corrected chi connectivity index (χ4v) is 2.53. The van der Waals surface area contributed by atoms with Crippen LogP contribution in [0, 0.1) is 0 Å². The highest BCUT2D eigenvalue weighted by atomic mass is 16.3. The van der Waals surface area contributed by atoms with Crippen molar-refractivity contribution in [2.45, 2.75) is 0 Å². The first-order chi connectivity index (χ1) is 11.6. The number of aromatic nitrogens is 2. The van der Waals surface area contributed by atoms with E-state index in [1.54, 1.807) is 24.5 Å². The molecular formula is C17H21N5O2. The van der Waals surface area contributed by atoms with Crippen LogP contribution in [-0.2, 0) is 4.79 Å². The molecule has 126 valence electrons. The molecule has 24 heavy (non-hydrogen) atoms. The van der Waals surface area contributed by atoms with Crippen molar-refractivity contribution >= 4 is 23.6 Å². The number of hydrogen-bond acceptors (Lipinski definition) is 6. The van der Waals surface area contributed by atoms with Gasteiger partial charge in [0, 0.05) is 46.4 Å². The molecule has 3 rings (SSSR count). The number of nitrogens with zero attached hydrogens (tertiary/aromatic N) is 5. The number of carbonyl (C=O) groups excluding carboxylic acids is 1. The Morgan fingerprint density at radius 1 is 1.17 bits per heavy atom. The summed E-state index contributed by atoms with van der Waals surface area (Å²) in [4.78, 5) is 18.1. The second kappa shape index (κ2) is 7.16. The van der Waals surface area contributed by atoms with Gasteiger partial charge in [-0.3, -0.25) is 4.79 Å². The second-order valence-corrected chi connectivity index (χ2v) is 5.81. The molecule has 1 saturated heterocycles. The summed E-state index contributed by atoms with van der Waals surface area (Å²) >= 11 is 0. The van der Waals surface area contributed by atoms with Crippen molar-refractivity contribution in [3.05, 3.63) is 42.4 Å². The molecule has 2 aromatic heterocycles. The van der Waals surface area contributed by atoms with Gasteiger partial charge >= 0.3 is 0 Å². The molecule has 1 amide bonds. The molecule has 0 N–H and O–H groups in total. The van der Waals surface area contributed by atoms with Crippen molar-refractivity contribution in [1.82, 2.24) is 15.1 Å². The first kappa shape index (κ1) is 16.0. The summed E-state index contributed by atoms with van der Waals surface area (Å²) in [6.45, 7) is 2.82. The summed E-state index contributed by atoms with van der Waals surface area (Å²) < 4.78 is 5.19. The maximum absolute atomic E-state index is 12.2. The molecule has 0 aliphatic carbocycles. The summed E-state index contributed by atoms with van der Waals surface area (Å²) in [5.74, 6) is 2.35. The number of amides is 1. The molecule has 2 aromatic rings. The Morgan fingerprint density at radius 3 is 2.54 bits per heavy atom. The van der Waals surface area contributed by atoms with Crippen LogP contribution in [0.4, 0.5) is 11.6 Å². The fourth-order valence-electron chi connectivity index (χ4n) is 2.53. The molecule has 0 atom stereocenters. The van der Waals surface area contributed by atoms with Crippen LogP contribution in [0.2, 0.25) is 0 Å². The summed E-state index contributed by atoms with van der Waals surface area (Å²) in [5, 5.41) is 8.47. The van der Waals surface area contributed by atoms with Gasteiger partial charge in [0.15, 0.2) is 11.6 Å². The van der Waals surface area contributed by atoms with Gasteiger partial charge in [0.2, 0.25) is 5.91 Å². The van der Waals surface area contributed by atoms with Crippen LogP contribution < -0.4 is 9.80 Å². The minimum absolute atomic E-state index is 0.0000832. The molecule has 7 heteroatoms. The fraction of sp³-hybridized carbons (Fsp3) is 0.353. The van der Waals surface area contributed by atoms with Crippen LogP contribution in [0.1, 0.15) is 5.76 Å². The lowest BCUT2D eigenvalue weighted by molar-refractivity contribution is -0.126. The molecule has 0 aromatic carbocycles. The number of hydrogen-bond donors (Lipinski definition) is 0. The Kier molecular flexibility index (Phi) is 4.79. The van der Waals surface area contributed by atoms with Crippen LogP contribution in [0.15, 0.2) is 41.0 Å². The zero-order valence-electron chi connectivity index (χ0n) is 13.9. The molecule has 1 fully saturated rings. The van der Waals surface area contributed by atoms with E-state index in [0.717, 1.165) is 24.7 Å². The van der Waals surface area contributed by atoms with Gasteiger partial charge in [-0.05, 0) is 30.3 Å². The molecular weight excluding hydrogens is 306 g/mol. The largest absolute Gasteiger partial charge is 0.465 e. The molecule has 0 bridgehead atoms. The Morgan fingerprint density at radius 2 is 1.96 bits per heavy atom. The normalized spacial score (nSPS) is 15.1. The highest BCUT2D eigenvalue weighted by Crippen LogP contribution is 2.15. The molecule has 1 aliphatic rings. The topological polar surface area (TPSA) is 65.7 Å². The van der Waals surface area contributed by atoms with Gasteiger partial charge < -0.3 is 19.1 Å². The maximum atomic E-state index is 12.2. The van der Waals surface area contributed by atoms with Crippen molar-refractivity contribution in [3.8, 4) is 0 Å². The van der Waals surface area contributed by atoms with E-state index in [9.17, 15) is 4.79 Å². The van der Waals surface area contributed by atoms with E-state index in [1.807, 2.05) is 42.1 Å². The Bertz CT molecular complexity index is 686. The van der Waals surface area contributed by atoms with Gasteiger partial charge in [-0.25, -0.2) is 0 Å². The summed E-state index contributed by atoms with van der Waals surface area (Å²) in [6, 6.07) is 7.53. The molecule has 0 unspecified atom stereocenters. The zero-order valence-corrected chi connectivity index (χ0v) is 13.9. The third-order valence-electron chi connectivity index (χ3n) is 3.94. The Labute approximate surface area is 141 Å². The zero-order chi connectivity index (χ0) is 16.9. The van der Waals surface area contributed by atoms with E-state index in [-0.39, 0.29) is 5.91 Å². The minimum Gasteiger partial charge on any atom is -0.465 e. The van der Waals surface area contributed by atoms with Crippen molar-refractivity contribution in [3.63, 3.8) is 0 Å². The van der Waals surface area contributed by atoms with Gasteiger partial charge in [0.05, 0.1) is 6.26 Å². The lowest BCUT2D eigenvalue weighted by Crippen LogP contribution is -2.48. The third-order valence-corrected chi connectivity index (χ3v) is 3.94. The number of carbonyl (C=O) groups is 1. The van der Waals surface area contributed by atoms with E-state index in [0.29, 0.717) is 18.8 Å². The summed E-state index contributed by atoms with van der Waals surface area (Å²) in [6.07, 6.45) is 4.84. The molecule has 7 nitrogen and oxygen atoms in total. The smallest absolute Gasteiger partial charge is 0.246 e. The average Bonchev–Trinajstić information content (AvgIpc) is 3.13. The van der Waals surface area contributed by atoms with Gasteiger partial charge in [-0.1, -0.05) is 0 Å². The number of anilines is 2. The lowest BCUT2D eigenvalue weighted by Gasteiger charge is -2.34. The first-order valence-electron chi connectivity index (χ1n) is 7.90. The van der Waals surface area contributed by atoms with Crippen molar-refractivity contribution in [2.75, 3.05) is 50.1 Å². The minimum atomic E-state index is 0.0000832. The molecule has 1 aliphatic heterocycles. The molecule has 0 spiro atoms. The van der Waals surface area contributed by atoms with Gasteiger partial charge in [0.1, 0.15) is 5.76 Å². The first-order valence-corrected chi connectivity index (χ1v) is 7.90. The number of rotatable bonds is 4. The highest BCUT2D eigenvalue weighted by Gasteiger charge is 2.20. The van der Waals surface area contributed by atoms with Gasteiger partial charge in [-0.2, -0.15) is 0 Å². The summed E-state index contributed by atoms with van der Waals surface area (Å²) in [5.41, 5.74) is 0. The molecule has 0 radical (unpaired) electrons. The van der Waals surface area contributed by atoms with Gasteiger partial charge in [0.25, 0.3) is 0 Å². The van der Waals surface area contributed by atoms with E-state index >= 15 is 0 Å². The SMILES string of the molecule is CN(C)c1ccc(N2CCN(C(=O)/C=C/c3ccco3)CC2)nn1. The predicted molar refractivity (Wildman–Crippen MR) is 92.9 cm³/mol. The van der Waals surface area contributed by atoms with Crippen LogP contribution in [0.5, 0.6) is 0 Å². The second-order valence-electron chi connectivity index (χ2n) is 5.81.